The summed E-state index contributed by atoms with van der Waals surface area (Å²) in [6.45, 7) is 2.32. The molecule has 1 aromatic carbocycles. The van der Waals surface area contributed by atoms with E-state index in [4.69, 9.17) is 5.73 Å². The molecule has 1 atom stereocenters. The number of amides is 2. The van der Waals surface area contributed by atoms with Gasteiger partial charge in [0.2, 0.25) is 5.91 Å². The zero-order valence-electron chi connectivity index (χ0n) is 10.7. The molecule has 5 heteroatoms. The molecule has 0 saturated heterocycles. The number of anilines is 1. The first-order valence-electron chi connectivity index (χ1n) is 5.91. The van der Waals surface area contributed by atoms with E-state index < -0.39 is 0 Å². The molecule has 0 fully saturated rings. The van der Waals surface area contributed by atoms with Gasteiger partial charge in [0.1, 0.15) is 0 Å². The van der Waals surface area contributed by atoms with Crippen molar-refractivity contribution in [1.29, 1.82) is 0 Å². The van der Waals surface area contributed by atoms with Gasteiger partial charge in [0, 0.05) is 24.2 Å². The van der Waals surface area contributed by atoms with Crippen LogP contribution in [0.3, 0.4) is 0 Å². The van der Waals surface area contributed by atoms with Crippen LogP contribution in [0.15, 0.2) is 24.3 Å². The van der Waals surface area contributed by atoms with Gasteiger partial charge < -0.3 is 16.4 Å². The molecule has 1 unspecified atom stereocenters. The first kappa shape index (κ1) is 14.2. The van der Waals surface area contributed by atoms with E-state index in [9.17, 15) is 9.59 Å². The van der Waals surface area contributed by atoms with E-state index in [0.29, 0.717) is 24.2 Å². The van der Waals surface area contributed by atoms with Crippen molar-refractivity contribution in [3.8, 4) is 0 Å². The largest absolute Gasteiger partial charge is 0.355 e. The Balaban J connectivity index is 2.63. The number of hydrogen-bond acceptors (Lipinski definition) is 3. The third-order valence-electron chi connectivity index (χ3n) is 2.69. The summed E-state index contributed by atoms with van der Waals surface area (Å²) in [4.78, 5) is 23.1. The smallest absolute Gasteiger partial charge is 0.251 e. The van der Waals surface area contributed by atoms with Crippen molar-refractivity contribution < 1.29 is 9.59 Å². The Morgan fingerprint density at radius 1 is 1.28 bits per heavy atom. The van der Waals surface area contributed by atoms with Crippen molar-refractivity contribution in [2.75, 3.05) is 18.9 Å². The Hall–Kier alpha value is -1.88. The van der Waals surface area contributed by atoms with Gasteiger partial charge >= 0.3 is 0 Å². The quantitative estimate of drug-likeness (QED) is 0.727. The molecule has 4 N–H and O–H groups in total. The second-order valence-electron chi connectivity index (χ2n) is 4.12. The summed E-state index contributed by atoms with van der Waals surface area (Å²) in [7, 11) is 1.58. The molecule has 0 saturated carbocycles. The van der Waals surface area contributed by atoms with E-state index in [2.05, 4.69) is 10.6 Å². The predicted molar refractivity (Wildman–Crippen MR) is 71.3 cm³/mol. The molecule has 1 rings (SSSR count). The van der Waals surface area contributed by atoms with E-state index >= 15 is 0 Å². The fourth-order valence-electron chi connectivity index (χ4n) is 1.50. The third kappa shape index (κ3) is 3.85. The Labute approximate surface area is 107 Å². The minimum absolute atomic E-state index is 0.0619. The monoisotopic (exact) mass is 249 g/mol. The predicted octanol–water partition coefficient (Wildman–Crippen LogP) is 0.970. The van der Waals surface area contributed by atoms with E-state index in [0.717, 1.165) is 0 Å². The Kier molecular flexibility index (Phi) is 5.32. The van der Waals surface area contributed by atoms with Gasteiger partial charge in [-0.3, -0.25) is 9.59 Å². The van der Waals surface area contributed by atoms with Gasteiger partial charge in [0.25, 0.3) is 5.91 Å². The molecule has 0 aliphatic rings. The van der Waals surface area contributed by atoms with Crippen molar-refractivity contribution in [2.24, 2.45) is 11.7 Å². The van der Waals surface area contributed by atoms with Crippen molar-refractivity contribution in [3.63, 3.8) is 0 Å². The van der Waals surface area contributed by atoms with Crippen LogP contribution in [0.1, 0.15) is 23.7 Å². The molecule has 98 valence electrons. The molecule has 0 radical (unpaired) electrons. The van der Waals surface area contributed by atoms with Crippen LogP contribution in [0.25, 0.3) is 0 Å². The normalized spacial score (nSPS) is 11.7. The lowest BCUT2D eigenvalue weighted by Crippen LogP contribution is -2.23. The molecule has 0 aliphatic carbocycles. The minimum atomic E-state index is -0.149. The van der Waals surface area contributed by atoms with Crippen molar-refractivity contribution in [1.82, 2.24) is 5.32 Å². The standard InChI is InChI=1S/C13H19N3O2/c1-9(7-8-14)12(17)16-11-5-3-10(4-6-11)13(18)15-2/h3-6,9H,7-8,14H2,1-2H3,(H,15,18)(H,16,17). The van der Waals surface area contributed by atoms with Crippen molar-refractivity contribution >= 4 is 17.5 Å². The Bertz CT molecular complexity index is 415. The molecule has 0 aliphatic heterocycles. The fraction of sp³-hybridized carbons (Fsp3) is 0.385. The molecule has 0 bridgehead atoms. The van der Waals surface area contributed by atoms with Crippen LogP contribution in [-0.4, -0.2) is 25.4 Å². The first-order chi connectivity index (χ1) is 8.58. The summed E-state index contributed by atoms with van der Waals surface area (Å²) in [6.07, 6.45) is 0.655. The van der Waals surface area contributed by atoms with E-state index in [1.165, 1.54) is 0 Å². The summed E-state index contributed by atoms with van der Waals surface area (Å²) in [5, 5.41) is 5.32. The highest BCUT2D eigenvalue weighted by Gasteiger charge is 2.12. The lowest BCUT2D eigenvalue weighted by molar-refractivity contribution is -0.119. The molecule has 5 nitrogen and oxygen atoms in total. The van der Waals surface area contributed by atoms with Crippen molar-refractivity contribution in [3.05, 3.63) is 29.8 Å². The summed E-state index contributed by atoms with van der Waals surface area (Å²) < 4.78 is 0. The van der Waals surface area contributed by atoms with Crippen LogP contribution in [-0.2, 0) is 4.79 Å². The molecule has 0 aromatic heterocycles. The molecular weight excluding hydrogens is 230 g/mol. The maximum Gasteiger partial charge on any atom is 0.251 e. The molecule has 18 heavy (non-hydrogen) atoms. The summed E-state index contributed by atoms with van der Waals surface area (Å²) in [5.74, 6) is -0.328. The number of nitrogens with one attached hydrogen (secondary N) is 2. The van der Waals surface area contributed by atoms with Gasteiger partial charge in [-0.2, -0.15) is 0 Å². The second kappa shape index (κ2) is 6.76. The van der Waals surface area contributed by atoms with Crippen molar-refractivity contribution in [2.45, 2.75) is 13.3 Å². The SMILES string of the molecule is CNC(=O)c1ccc(NC(=O)C(C)CCN)cc1. The lowest BCUT2D eigenvalue weighted by atomic mass is 10.1. The maximum atomic E-state index is 11.7. The van der Waals surface area contributed by atoms with Crippen LogP contribution < -0.4 is 16.4 Å². The van der Waals surface area contributed by atoms with E-state index in [-0.39, 0.29) is 17.7 Å². The average molecular weight is 249 g/mol. The van der Waals surface area contributed by atoms with E-state index in [1.54, 1.807) is 31.3 Å². The van der Waals surface area contributed by atoms with Crippen LogP contribution in [0.5, 0.6) is 0 Å². The van der Waals surface area contributed by atoms with Crippen LogP contribution in [0.2, 0.25) is 0 Å². The lowest BCUT2D eigenvalue weighted by Gasteiger charge is -2.11. The third-order valence-corrected chi connectivity index (χ3v) is 2.69. The topological polar surface area (TPSA) is 84.2 Å². The average Bonchev–Trinajstić information content (AvgIpc) is 2.39. The Morgan fingerprint density at radius 2 is 1.89 bits per heavy atom. The first-order valence-corrected chi connectivity index (χ1v) is 5.91. The van der Waals surface area contributed by atoms with Crippen LogP contribution in [0, 0.1) is 5.92 Å². The van der Waals surface area contributed by atoms with Gasteiger partial charge in [-0.15, -0.1) is 0 Å². The van der Waals surface area contributed by atoms with Crippen LogP contribution >= 0.6 is 0 Å². The number of benzene rings is 1. The molecule has 0 heterocycles. The van der Waals surface area contributed by atoms with Gasteiger partial charge in [-0.05, 0) is 37.2 Å². The summed E-state index contributed by atoms with van der Waals surface area (Å²) in [5.41, 5.74) is 6.64. The number of carbonyl (C=O) groups excluding carboxylic acids is 2. The minimum Gasteiger partial charge on any atom is -0.355 e. The molecule has 2 amide bonds. The molecule has 1 aromatic rings. The molecular formula is C13H19N3O2. The second-order valence-corrected chi connectivity index (χ2v) is 4.12. The number of nitrogens with two attached hydrogens (primary N) is 1. The highest BCUT2D eigenvalue weighted by molar-refractivity contribution is 5.96. The van der Waals surface area contributed by atoms with Gasteiger partial charge in [0.05, 0.1) is 0 Å². The van der Waals surface area contributed by atoms with Crippen LogP contribution in [0.4, 0.5) is 5.69 Å². The Morgan fingerprint density at radius 3 is 2.39 bits per heavy atom. The van der Waals surface area contributed by atoms with Gasteiger partial charge in [-0.25, -0.2) is 0 Å². The molecule has 0 spiro atoms. The number of carbonyl (C=O) groups is 2. The maximum absolute atomic E-state index is 11.7. The summed E-state index contributed by atoms with van der Waals surface area (Å²) >= 11 is 0. The zero-order valence-corrected chi connectivity index (χ0v) is 10.7. The zero-order chi connectivity index (χ0) is 13.5. The van der Waals surface area contributed by atoms with E-state index in [1.807, 2.05) is 6.92 Å². The number of hydrogen-bond donors (Lipinski definition) is 3. The number of rotatable bonds is 5. The van der Waals surface area contributed by atoms with Gasteiger partial charge in [0.15, 0.2) is 0 Å². The highest BCUT2D eigenvalue weighted by atomic mass is 16.2. The summed E-state index contributed by atoms with van der Waals surface area (Å²) in [6, 6.07) is 6.75. The van der Waals surface area contributed by atoms with Gasteiger partial charge in [-0.1, -0.05) is 6.92 Å². The highest BCUT2D eigenvalue weighted by Crippen LogP contribution is 2.12. The fourth-order valence-corrected chi connectivity index (χ4v) is 1.50.